The third-order valence-corrected chi connectivity index (χ3v) is 4.46. The van der Waals surface area contributed by atoms with Gasteiger partial charge in [-0.15, -0.1) is 0 Å². The molecular formula is C18H12Cl3NO2. The highest BCUT2D eigenvalue weighted by molar-refractivity contribution is 6.42. The van der Waals surface area contributed by atoms with Gasteiger partial charge in [-0.3, -0.25) is 4.79 Å². The van der Waals surface area contributed by atoms with E-state index in [0.29, 0.717) is 37.8 Å². The molecule has 122 valence electrons. The van der Waals surface area contributed by atoms with Gasteiger partial charge < -0.3 is 9.73 Å². The van der Waals surface area contributed by atoms with E-state index >= 15 is 0 Å². The van der Waals surface area contributed by atoms with Gasteiger partial charge in [0, 0.05) is 16.3 Å². The largest absolute Gasteiger partial charge is 0.461 e. The summed E-state index contributed by atoms with van der Waals surface area (Å²) in [6.45, 7) is 1.74. The molecule has 0 unspecified atom stereocenters. The summed E-state index contributed by atoms with van der Waals surface area (Å²) in [6.07, 6.45) is 0. The van der Waals surface area contributed by atoms with Crippen LogP contribution in [0.15, 0.2) is 52.9 Å². The Kier molecular flexibility index (Phi) is 4.86. The maximum Gasteiger partial charge on any atom is 0.259 e. The molecular weight excluding hydrogens is 369 g/mol. The molecule has 2 aromatic carbocycles. The fourth-order valence-electron chi connectivity index (χ4n) is 2.24. The minimum absolute atomic E-state index is 0.283. The molecule has 0 radical (unpaired) electrons. The summed E-state index contributed by atoms with van der Waals surface area (Å²) in [5.41, 5.74) is 1.85. The number of halogens is 3. The molecule has 0 aliphatic rings. The fraction of sp³-hybridized carbons (Fsp3) is 0.0556. The zero-order chi connectivity index (χ0) is 17.3. The number of aryl methyl sites for hydroxylation is 1. The van der Waals surface area contributed by atoms with Gasteiger partial charge in [-0.05, 0) is 55.5 Å². The van der Waals surface area contributed by atoms with Crippen LogP contribution in [0.1, 0.15) is 16.1 Å². The first kappa shape index (κ1) is 16.9. The Balaban J connectivity index is 1.85. The summed E-state index contributed by atoms with van der Waals surface area (Å²) in [7, 11) is 0. The van der Waals surface area contributed by atoms with Crippen molar-refractivity contribution in [2.75, 3.05) is 5.32 Å². The number of furan rings is 1. The maximum absolute atomic E-state index is 12.5. The molecule has 1 N–H and O–H groups in total. The summed E-state index contributed by atoms with van der Waals surface area (Å²) in [5.74, 6) is 0.843. The highest BCUT2D eigenvalue weighted by Gasteiger charge is 2.16. The first-order chi connectivity index (χ1) is 11.4. The zero-order valence-corrected chi connectivity index (χ0v) is 14.8. The Hall–Kier alpha value is -1.94. The van der Waals surface area contributed by atoms with Crippen molar-refractivity contribution in [2.45, 2.75) is 6.92 Å². The van der Waals surface area contributed by atoms with Crippen LogP contribution in [0, 0.1) is 6.92 Å². The van der Waals surface area contributed by atoms with Crippen molar-refractivity contribution in [3.05, 3.63) is 74.9 Å². The highest BCUT2D eigenvalue weighted by atomic mass is 35.5. The first-order valence-corrected chi connectivity index (χ1v) is 8.20. The third kappa shape index (κ3) is 3.59. The number of hydrogen-bond acceptors (Lipinski definition) is 2. The van der Waals surface area contributed by atoms with Crippen LogP contribution in [-0.2, 0) is 0 Å². The Labute approximate surface area is 154 Å². The van der Waals surface area contributed by atoms with Gasteiger partial charge in [0.25, 0.3) is 5.91 Å². The second-order valence-electron chi connectivity index (χ2n) is 5.17. The normalized spacial score (nSPS) is 10.7. The molecule has 24 heavy (non-hydrogen) atoms. The highest BCUT2D eigenvalue weighted by Crippen LogP contribution is 2.28. The van der Waals surface area contributed by atoms with Crippen molar-refractivity contribution in [2.24, 2.45) is 0 Å². The van der Waals surface area contributed by atoms with E-state index in [4.69, 9.17) is 39.2 Å². The van der Waals surface area contributed by atoms with Crippen LogP contribution in [0.3, 0.4) is 0 Å². The molecule has 0 bridgehead atoms. The zero-order valence-electron chi connectivity index (χ0n) is 12.6. The number of anilines is 1. The molecule has 1 amide bonds. The maximum atomic E-state index is 12.5. The van der Waals surface area contributed by atoms with E-state index in [2.05, 4.69) is 5.32 Å². The van der Waals surface area contributed by atoms with Gasteiger partial charge in [0.1, 0.15) is 11.5 Å². The number of amides is 1. The summed E-state index contributed by atoms with van der Waals surface area (Å²) in [6, 6.07) is 13.8. The molecule has 0 saturated heterocycles. The number of rotatable bonds is 3. The topological polar surface area (TPSA) is 42.2 Å². The Morgan fingerprint density at radius 2 is 1.67 bits per heavy atom. The average Bonchev–Trinajstić information content (AvgIpc) is 2.93. The van der Waals surface area contributed by atoms with Gasteiger partial charge in [-0.1, -0.05) is 34.8 Å². The second kappa shape index (κ2) is 6.89. The molecule has 0 atom stereocenters. The summed E-state index contributed by atoms with van der Waals surface area (Å²) < 4.78 is 5.69. The van der Waals surface area contributed by atoms with Crippen molar-refractivity contribution in [3.63, 3.8) is 0 Å². The predicted octanol–water partition coefficient (Wildman–Crippen LogP) is 6.47. The monoisotopic (exact) mass is 379 g/mol. The van der Waals surface area contributed by atoms with Crippen LogP contribution in [0.2, 0.25) is 15.1 Å². The molecule has 0 aliphatic heterocycles. The van der Waals surface area contributed by atoms with Crippen molar-refractivity contribution < 1.29 is 9.21 Å². The third-order valence-electron chi connectivity index (χ3n) is 3.47. The summed E-state index contributed by atoms with van der Waals surface area (Å²) in [4.78, 5) is 12.5. The molecule has 0 spiro atoms. The van der Waals surface area contributed by atoms with Gasteiger partial charge in [0.2, 0.25) is 0 Å². The van der Waals surface area contributed by atoms with E-state index in [-0.39, 0.29) is 5.91 Å². The quantitative estimate of drug-likeness (QED) is 0.566. The van der Waals surface area contributed by atoms with Crippen molar-refractivity contribution in [1.82, 2.24) is 0 Å². The molecule has 0 saturated carbocycles. The van der Waals surface area contributed by atoms with Crippen LogP contribution in [0.5, 0.6) is 0 Å². The Morgan fingerprint density at radius 1 is 0.958 bits per heavy atom. The number of carbonyl (C=O) groups excluding carboxylic acids is 1. The average molecular weight is 381 g/mol. The van der Waals surface area contributed by atoms with Gasteiger partial charge >= 0.3 is 0 Å². The van der Waals surface area contributed by atoms with Crippen LogP contribution < -0.4 is 5.32 Å². The molecule has 0 fully saturated rings. The van der Waals surface area contributed by atoms with Crippen LogP contribution in [-0.4, -0.2) is 5.91 Å². The number of carbonyl (C=O) groups is 1. The van der Waals surface area contributed by atoms with E-state index in [1.807, 2.05) is 12.1 Å². The molecule has 3 rings (SSSR count). The molecule has 3 nitrogen and oxygen atoms in total. The summed E-state index contributed by atoms with van der Waals surface area (Å²) >= 11 is 17.7. The SMILES string of the molecule is Cc1oc(-c2ccc(Cl)cc2)cc1C(=O)Nc1ccc(Cl)c(Cl)c1. The molecule has 1 heterocycles. The van der Waals surface area contributed by atoms with E-state index < -0.39 is 0 Å². The van der Waals surface area contributed by atoms with E-state index in [0.717, 1.165) is 5.56 Å². The lowest BCUT2D eigenvalue weighted by Crippen LogP contribution is -2.12. The predicted molar refractivity (Wildman–Crippen MR) is 98.3 cm³/mol. The second-order valence-corrected chi connectivity index (χ2v) is 6.42. The van der Waals surface area contributed by atoms with Gasteiger partial charge in [-0.25, -0.2) is 0 Å². The fourth-order valence-corrected chi connectivity index (χ4v) is 2.66. The lowest BCUT2D eigenvalue weighted by molar-refractivity contribution is 0.102. The van der Waals surface area contributed by atoms with Crippen LogP contribution >= 0.6 is 34.8 Å². The first-order valence-electron chi connectivity index (χ1n) is 7.07. The van der Waals surface area contributed by atoms with Crippen molar-refractivity contribution in [3.8, 4) is 11.3 Å². The van der Waals surface area contributed by atoms with Crippen molar-refractivity contribution >= 4 is 46.4 Å². The van der Waals surface area contributed by atoms with Gasteiger partial charge in [-0.2, -0.15) is 0 Å². The van der Waals surface area contributed by atoms with Gasteiger partial charge in [0.15, 0.2) is 0 Å². The Bertz CT molecular complexity index is 901. The Morgan fingerprint density at radius 3 is 2.33 bits per heavy atom. The van der Waals surface area contributed by atoms with Gasteiger partial charge in [0.05, 0.1) is 15.6 Å². The number of hydrogen-bond donors (Lipinski definition) is 1. The molecule has 0 aliphatic carbocycles. The summed E-state index contributed by atoms with van der Waals surface area (Å²) in [5, 5.41) is 4.22. The van der Waals surface area contributed by atoms with E-state index in [1.165, 1.54) is 0 Å². The van der Waals surface area contributed by atoms with E-state index in [9.17, 15) is 4.79 Å². The number of nitrogens with one attached hydrogen (secondary N) is 1. The van der Waals surface area contributed by atoms with Crippen LogP contribution in [0.4, 0.5) is 5.69 Å². The number of benzene rings is 2. The lowest BCUT2D eigenvalue weighted by atomic mass is 10.1. The minimum Gasteiger partial charge on any atom is -0.461 e. The van der Waals surface area contributed by atoms with Crippen molar-refractivity contribution in [1.29, 1.82) is 0 Å². The molecule has 1 aromatic heterocycles. The smallest absolute Gasteiger partial charge is 0.259 e. The standard InChI is InChI=1S/C18H12Cl3NO2/c1-10-14(9-17(24-10)11-2-4-12(19)5-3-11)18(23)22-13-6-7-15(20)16(21)8-13/h2-9H,1H3,(H,22,23). The molecule has 3 aromatic rings. The minimum atomic E-state index is -0.283. The molecule has 6 heteroatoms. The van der Waals surface area contributed by atoms with E-state index in [1.54, 1.807) is 43.3 Å². The lowest BCUT2D eigenvalue weighted by Gasteiger charge is -2.05. The van der Waals surface area contributed by atoms with Crippen LogP contribution in [0.25, 0.3) is 11.3 Å².